The molecule has 0 bridgehead atoms. The molecule has 7 nitrogen and oxygen atoms in total. The molecule has 0 aliphatic heterocycles. The number of benzene rings is 3. The topological polar surface area (TPSA) is 61.6 Å². The first-order chi connectivity index (χ1) is 19.8. The quantitative estimate of drug-likeness (QED) is 0.183. The predicted octanol–water partition coefficient (Wildman–Crippen LogP) is 7.09. The second-order valence-corrected chi connectivity index (χ2v) is 9.33. The first-order valence-corrected chi connectivity index (χ1v) is 12.9. The van der Waals surface area contributed by atoms with Crippen LogP contribution in [0.25, 0.3) is 50.2 Å². The summed E-state index contributed by atoms with van der Waals surface area (Å²) in [7, 11) is 0. The van der Waals surface area contributed by atoms with Gasteiger partial charge in [-0.15, -0.1) is 41.3 Å². The monoisotopic (exact) mass is 711 g/mol. The maximum absolute atomic E-state index is 6.33. The molecular formula is C33H20N6OPt. The van der Waals surface area contributed by atoms with Crippen LogP contribution in [-0.2, 0) is 21.1 Å². The molecule has 198 valence electrons. The predicted molar refractivity (Wildman–Crippen MR) is 155 cm³/mol. The molecule has 0 fully saturated rings. The molecule has 41 heavy (non-hydrogen) atoms. The summed E-state index contributed by atoms with van der Waals surface area (Å²) in [6.45, 7) is 0. The Morgan fingerprint density at radius 2 is 1.44 bits per heavy atom. The minimum Gasteiger partial charge on any atom is -0.503 e. The van der Waals surface area contributed by atoms with E-state index >= 15 is 0 Å². The average Bonchev–Trinajstić information content (AvgIpc) is 3.72. The van der Waals surface area contributed by atoms with Crippen molar-refractivity contribution in [1.29, 1.82) is 0 Å². The van der Waals surface area contributed by atoms with E-state index in [9.17, 15) is 0 Å². The molecule has 0 amide bonds. The van der Waals surface area contributed by atoms with Gasteiger partial charge in [0.05, 0.1) is 0 Å². The molecule has 8 aromatic rings. The maximum Gasteiger partial charge on any atom is 2.00 e. The summed E-state index contributed by atoms with van der Waals surface area (Å²) in [5.74, 6) is 2.78. The molecule has 0 saturated carbocycles. The molecule has 0 unspecified atom stereocenters. The number of fused-ring (bicyclic) bond motifs is 6. The van der Waals surface area contributed by atoms with Crippen LogP contribution in [0.4, 0.5) is 0 Å². The Kier molecular flexibility index (Phi) is 6.21. The first kappa shape index (κ1) is 25.0. The minimum absolute atomic E-state index is 0. The number of aromatic nitrogens is 6. The summed E-state index contributed by atoms with van der Waals surface area (Å²) in [5.41, 5.74) is 4.47. The van der Waals surface area contributed by atoms with Gasteiger partial charge in [0, 0.05) is 65.4 Å². The van der Waals surface area contributed by atoms with Crippen molar-refractivity contribution in [2.24, 2.45) is 0 Å². The number of ether oxygens (including phenoxy) is 1. The molecule has 0 saturated heterocycles. The Morgan fingerprint density at radius 3 is 2.34 bits per heavy atom. The number of rotatable bonds is 4. The normalized spacial score (nSPS) is 11.2. The third-order valence-corrected chi connectivity index (χ3v) is 6.96. The van der Waals surface area contributed by atoms with Gasteiger partial charge in [-0.25, -0.2) is 9.97 Å². The van der Waals surface area contributed by atoms with Crippen molar-refractivity contribution in [3.63, 3.8) is 0 Å². The Hall–Kier alpha value is -5.00. The van der Waals surface area contributed by atoms with E-state index in [1.165, 1.54) is 0 Å². The van der Waals surface area contributed by atoms with Gasteiger partial charge in [-0.1, -0.05) is 35.8 Å². The molecule has 5 aromatic heterocycles. The number of pyridine rings is 1. The molecular weight excluding hydrogens is 691 g/mol. The molecule has 0 aliphatic rings. The average molecular weight is 712 g/mol. The van der Waals surface area contributed by atoms with Gasteiger partial charge in [-0.2, -0.15) is 6.07 Å². The molecule has 8 heteroatoms. The molecule has 0 aliphatic carbocycles. The van der Waals surface area contributed by atoms with Crippen molar-refractivity contribution in [3.05, 3.63) is 134 Å². The SMILES string of the molecule is [Pt+2].[c-]1c(Oc2[c-]c3c(cc2)c2ccccc2n3-c2ccccn2)cccc1-c1nccn2ccnc2n2cccc12. The van der Waals surface area contributed by atoms with Crippen LogP contribution in [0.15, 0.2) is 122 Å². The van der Waals surface area contributed by atoms with Gasteiger partial charge in [0.25, 0.3) is 0 Å². The fourth-order valence-electron chi connectivity index (χ4n) is 5.23. The summed E-state index contributed by atoms with van der Waals surface area (Å²) in [4.78, 5) is 13.9. The van der Waals surface area contributed by atoms with Crippen LogP contribution in [0.2, 0.25) is 0 Å². The maximum atomic E-state index is 6.33. The van der Waals surface area contributed by atoms with Gasteiger partial charge >= 0.3 is 21.1 Å². The zero-order valence-corrected chi connectivity index (χ0v) is 23.7. The summed E-state index contributed by atoms with van der Waals surface area (Å²) < 4.78 is 12.4. The van der Waals surface area contributed by atoms with E-state index < -0.39 is 0 Å². The molecule has 3 aromatic carbocycles. The third-order valence-electron chi connectivity index (χ3n) is 6.96. The van der Waals surface area contributed by atoms with Crippen LogP contribution < -0.4 is 4.74 Å². The summed E-state index contributed by atoms with van der Waals surface area (Å²) in [5, 5.41) is 2.22. The van der Waals surface area contributed by atoms with E-state index in [4.69, 9.17) is 9.72 Å². The van der Waals surface area contributed by atoms with Crippen LogP contribution in [0.5, 0.6) is 11.5 Å². The molecule has 8 rings (SSSR count). The van der Waals surface area contributed by atoms with Crippen LogP contribution in [-0.4, -0.2) is 28.3 Å². The second-order valence-electron chi connectivity index (χ2n) is 9.33. The fourth-order valence-corrected chi connectivity index (χ4v) is 5.23. The van der Waals surface area contributed by atoms with Crippen molar-refractivity contribution in [1.82, 2.24) is 28.3 Å². The van der Waals surface area contributed by atoms with E-state index in [1.807, 2.05) is 94.1 Å². The minimum atomic E-state index is 0. The largest absolute Gasteiger partial charge is 2.00 e. The Labute approximate surface area is 249 Å². The van der Waals surface area contributed by atoms with Gasteiger partial charge in [0.2, 0.25) is 5.78 Å². The summed E-state index contributed by atoms with van der Waals surface area (Å²) in [6.07, 6.45) is 11.1. The molecule has 5 heterocycles. The molecule has 0 N–H and O–H groups in total. The number of imidazole rings is 1. The van der Waals surface area contributed by atoms with Gasteiger partial charge in [0.15, 0.2) is 0 Å². The van der Waals surface area contributed by atoms with Crippen molar-refractivity contribution < 1.29 is 25.8 Å². The summed E-state index contributed by atoms with van der Waals surface area (Å²) in [6, 6.07) is 35.0. The second kappa shape index (κ2) is 10.2. The first-order valence-electron chi connectivity index (χ1n) is 12.9. The summed E-state index contributed by atoms with van der Waals surface area (Å²) >= 11 is 0. The zero-order chi connectivity index (χ0) is 26.5. The Morgan fingerprint density at radius 1 is 0.610 bits per heavy atom. The standard InChI is InChI=1S/C33H20N6O.Pt/c1-2-10-28-26(9-1)27-14-13-25(22-30(27)39(28)31-12-3-4-15-34-31)40-24-8-5-7-23(21-24)32-29-11-6-18-38(29)33-36-17-20-37(33)19-16-35-32;/h1-20H;/q-2;+2. The van der Waals surface area contributed by atoms with Crippen molar-refractivity contribution >= 4 is 33.1 Å². The van der Waals surface area contributed by atoms with Crippen molar-refractivity contribution in [3.8, 4) is 28.6 Å². The van der Waals surface area contributed by atoms with Crippen molar-refractivity contribution in [2.75, 3.05) is 0 Å². The third kappa shape index (κ3) is 4.22. The smallest absolute Gasteiger partial charge is 0.503 e. The van der Waals surface area contributed by atoms with Gasteiger partial charge in [-0.05, 0) is 35.7 Å². The van der Waals surface area contributed by atoms with E-state index in [-0.39, 0.29) is 21.1 Å². The van der Waals surface area contributed by atoms with Crippen LogP contribution in [0, 0.1) is 12.1 Å². The van der Waals surface area contributed by atoms with E-state index in [0.29, 0.717) is 11.5 Å². The molecule has 0 spiro atoms. The number of para-hydroxylation sites is 1. The van der Waals surface area contributed by atoms with Gasteiger partial charge in [0.1, 0.15) is 5.82 Å². The van der Waals surface area contributed by atoms with E-state index in [2.05, 4.69) is 44.9 Å². The van der Waals surface area contributed by atoms with Crippen molar-refractivity contribution in [2.45, 2.75) is 0 Å². The Balaban J connectivity index is 0.00000276. The van der Waals surface area contributed by atoms with Gasteiger partial charge < -0.3 is 14.3 Å². The molecule has 0 atom stereocenters. The Bertz CT molecular complexity index is 2210. The van der Waals surface area contributed by atoms with E-state index in [0.717, 1.165) is 50.2 Å². The fraction of sp³-hybridized carbons (Fsp3) is 0. The molecule has 0 radical (unpaired) electrons. The van der Waals surface area contributed by atoms with Crippen LogP contribution in [0.3, 0.4) is 0 Å². The number of hydrogen-bond donors (Lipinski definition) is 0. The van der Waals surface area contributed by atoms with Gasteiger partial charge in [-0.3, -0.25) is 8.80 Å². The number of nitrogens with zero attached hydrogens (tertiary/aromatic N) is 6. The van der Waals surface area contributed by atoms with E-state index in [1.54, 1.807) is 18.6 Å². The van der Waals surface area contributed by atoms with Crippen LogP contribution >= 0.6 is 0 Å². The zero-order valence-electron chi connectivity index (χ0n) is 21.5. The van der Waals surface area contributed by atoms with Crippen LogP contribution in [0.1, 0.15) is 0 Å². The number of hydrogen-bond acceptors (Lipinski definition) is 4.